The molecule has 0 spiro atoms. The van der Waals surface area contributed by atoms with Crippen LogP contribution in [0, 0.1) is 0 Å². The molecule has 0 saturated heterocycles. The van der Waals surface area contributed by atoms with Gasteiger partial charge >= 0.3 is 0 Å². The average molecular weight is 342 g/mol. The number of pyridine rings is 1. The van der Waals surface area contributed by atoms with E-state index in [-0.39, 0.29) is 5.91 Å². The van der Waals surface area contributed by atoms with Crippen LogP contribution in [0.1, 0.15) is 5.56 Å². The van der Waals surface area contributed by atoms with Gasteiger partial charge in [0.15, 0.2) is 5.13 Å². The van der Waals surface area contributed by atoms with Gasteiger partial charge in [0.25, 0.3) is 0 Å². The molecule has 0 fully saturated rings. The number of amides is 1. The molecule has 0 atom stereocenters. The largest absolute Gasteiger partial charge is 0.298 e. The van der Waals surface area contributed by atoms with Gasteiger partial charge in [0.05, 0.1) is 5.69 Å². The van der Waals surface area contributed by atoms with Crippen LogP contribution >= 0.6 is 22.9 Å². The second-order valence-electron chi connectivity index (χ2n) is 4.63. The van der Waals surface area contributed by atoms with Crippen molar-refractivity contribution in [1.29, 1.82) is 0 Å². The van der Waals surface area contributed by atoms with Crippen molar-refractivity contribution in [3.63, 3.8) is 0 Å². The maximum Gasteiger partial charge on any atom is 0.250 e. The standard InChI is InChI=1S/C17H12ClN3OS/c18-13-7-4-12(5-8-13)6-9-16(22)21-17-20-15(11-23-17)14-3-1-2-10-19-14/h1-11H,(H,20,21,22). The van der Waals surface area contributed by atoms with Crippen LogP contribution < -0.4 is 5.32 Å². The fourth-order valence-electron chi connectivity index (χ4n) is 1.86. The quantitative estimate of drug-likeness (QED) is 0.710. The summed E-state index contributed by atoms with van der Waals surface area (Å²) in [6.45, 7) is 0. The average Bonchev–Trinajstić information content (AvgIpc) is 3.04. The SMILES string of the molecule is O=C(C=Cc1ccc(Cl)cc1)Nc1nc(-c2ccccn2)cs1. The normalized spacial score (nSPS) is 10.8. The monoisotopic (exact) mass is 341 g/mol. The number of carbonyl (C=O) groups is 1. The number of hydrogen-bond acceptors (Lipinski definition) is 4. The first-order chi connectivity index (χ1) is 11.2. The second-order valence-corrected chi connectivity index (χ2v) is 5.92. The van der Waals surface area contributed by atoms with E-state index in [1.165, 1.54) is 17.4 Å². The molecular weight excluding hydrogens is 330 g/mol. The van der Waals surface area contributed by atoms with Crippen LogP contribution in [-0.2, 0) is 4.79 Å². The fraction of sp³-hybridized carbons (Fsp3) is 0. The summed E-state index contributed by atoms with van der Waals surface area (Å²) in [7, 11) is 0. The molecule has 4 nitrogen and oxygen atoms in total. The van der Waals surface area contributed by atoms with Gasteiger partial charge in [-0.2, -0.15) is 0 Å². The minimum Gasteiger partial charge on any atom is -0.298 e. The number of rotatable bonds is 4. The predicted octanol–water partition coefficient (Wildman–Crippen LogP) is 4.51. The first kappa shape index (κ1) is 15.4. The van der Waals surface area contributed by atoms with E-state index >= 15 is 0 Å². The summed E-state index contributed by atoms with van der Waals surface area (Å²) in [6.07, 6.45) is 4.89. The molecule has 3 aromatic rings. The van der Waals surface area contributed by atoms with Crippen LogP contribution in [0.4, 0.5) is 5.13 Å². The minimum atomic E-state index is -0.234. The number of benzene rings is 1. The van der Waals surface area contributed by atoms with Gasteiger partial charge in [0.2, 0.25) is 5.91 Å². The Hall–Kier alpha value is -2.50. The Kier molecular flexibility index (Phi) is 4.80. The third-order valence-electron chi connectivity index (χ3n) is 2.96. The number of nitrogens with one attached hydrogen (secondary N) is 1. The number of nitrogens with zero attached hydrogens (tertiary/aromatic N) is 2. The van der Waals surface area contributed by atoms with Crippen LogP contribution in [0.25, 0.3) is 17.5 Å². The van der Waals surface area contributed by atoms with Crippen LogP contribution in [0.5, 0.6) is 0 Å². The molecule has 6 heteroatoms. The smallest absolute Gasteiger partial charge is 0.250 e. The van der Waals surface area contributed by atoms with Crippen molar-refractivity contribution in [3.05, 3.63) is 70.7 Å². The maximum absolute atomic E-state index is 11.9. The molecule has 23 heavy (non-hydrogen) atoms. The van der Waals surface area contributed by atoms with Crippen LogP contribution in [0.15, 0.2) is 60.1 Å². The molecule has 0 aliphatic rings. The molecule has 114 valence electrons. The minimum absolute atomic E-state index is 0.234. The van der Waals surface area contributed by atoms with Gasteiger partial charge in [-0.3, -0.25) is 15.1 Å². The number of hydrogen-bond donors (Lipinski definition) is 1. The molecule has 1 aromatic carbocycles. The molecule has 1 N–H and O–H groups in total. The van der Waals surface area contributed by atoms with Crippen LogP contribution in [-0.4, -0.2) is 15.9 Å². The highest BCUT2D eigenvalue weighted by atomic mass is 35.5. The summed E-state index contributed by atoms with van der Waals surface area (Å²) in [4.78, 5) is 20.5. The van der Waals surface area contributed by atoms with E-state index in [4.69, 9.17) is 11.6 Å². The zero-order valence-corrected chi connectivity index (χ0v) is 13.5. The third kappa shape index (κ3) is 4.25. The van der Waals surface area contributed by atoms with E-state index in [1.54, 1.807) is 24.4 Å². The Labute approximate surface area is 142 Å². The molecule has 0 aliphatic heterocycles. The molecule has 0 bridgehead atoms. The summed E-state index contributed by atoms with van der Waals surface area (Å²) in [5, 5.41) is 5.81. The molecule has 0 unspecified atom stereocenters. The zero-order valence-electron chi connectivity index (χ0n) is 11.9. The van der Waals surface area contributed by atoms with Crippen molar-refractivity contribution < 1.29 is 4.79 Å². The molecule has 1 amide bonds. The Morgan fingerprint density at radius 2 is 1.96 bits per heavy atom. The van der Waals surface area contributed by atoms with E-state index < -0.39 is 0 Å². The Morgan fingerprint density at radius 3 is 2.70 bits per heavy atom. The number of aromatic nitrogens is 2. The van der Waals surface area contributed by atoms with E-state index in [0.29, 0.717) is 10.2 Å². The van der Waals surface area contributed by atoms with Gasteiger partial charge < -0.3 is 0 Å². The number of halogens is 1. The lowest BCUT2D eigenvalue weighted by Gasteiger charge is -1.97. The second kappa shape index (κ2) is 7.17. The topological polar surface area (TPSA) is 54.9 Å². The van der Waals surface area contributed by atoms with Gasteiger partial charge in [-0.05, 0) is 35.9 Å². The summed E-state index contributed by atoms with van der Waals surface area (Å²) < 4.78 is 0. The molecule has 3 rings (SSSR count). The van der Waals surface area contributed by atoms with Crippen molar-refractivity contribution >= 4 is 40.1 Å². The van der Waals surface area contributed by atoms with Crippen LogP contribution in [0.3, 0.4) is 0 Å². The van der Waals surface area contributed by atoms with Crippen LogP contribution in [0.2, 0.25) is 5.02 Å². The molecular formula is C17H12ClN3OS. The summed E-state index contributed by atoms with van der Waals surface area (Å²) >= 11 is 7.18. The third-order valence-corrected chi connectivity index (χ3v) is 3.97. The zero-order chi connectivity index (χ0) is 16.1. The first-order valence-electron chi connectivity index (χ1n) is 6.82. The lowest BCUT2D eigenvalue weighted by molar-refractivity contribution is -0.111. The van der Waals surface area contributed by atoms with Gasteiger partial charge in [0.1, 0.15) is 5.69 Å². The van der Waals surface area contributed by atoms with E-state index in [2.05, 4.69) is 15.3 Å². The highest BCUT2D eigenvalue weighted by molar-refractivity contribution is 7.14. The molecule has 0 radical (unpaired) electrons. The molecule has 2 aromatic heterocycles. The van der Waals surface area contributed by atoms with Crippen molar-refractivity contribution in [2.75, 3.05) is 5.32 Å². The Morgan fingerprint density at radius 1 is 1.13 bits per heavy atom. The summed E-state index contributed by atoms with van der Waals surface area (Å²) in [6, 6.07) is 12.9. The summed E-state index contributed by atoms with van der Waals surface area (Å²) in [5.41, 5.74) is 2.42. The van der Waals surface area contributed by atoms with E-state index in [0.717, 1.165) is 17.0 Å². The Bertz CT molecular complexity index is 829. The van der Waals surface area contributed by atoms with Crippen molar-refractivity contribution in [1.82, 2.24) is 9.97 Å². The van der Waals surface area contributed by atoms with E-state index in [1.807, 2.05) is 35.7 Å². The van der Waals surface area contributed by atoms with Gasteiger partial charge in [-0.15, -0.1) is 11.3 Å². The molecule has 0 aliphatic carbocycles. The maximum atomic E-state index is 11.9. The number of carbonyl (C=O) groups excluding carboxylic acids is 1. The molecule has 0 saturated carbocycles. The fourth-order valence-corrected chi connectivity index (χ4v) is 2.69. The van der Waals surface area contributed by atoms with Gasteiger partial charge in [-0.25, -0.2) is 4.98 Å². The van der Waals surface area contributed by atoms with Crippen molar-refractivity contribution in [3.8, 4) is 11.4 Å². The first-order valence-corrected chi connectivity index (χ1v) is 8.08. The van der Waals surface area contributed by atoms with Gasteiger partial charge in [0, 0.05) is 22.7 Å². The summed E-state index contributed by atoms with van der Waals surface area (Å²) in [5.74, 6) is -0.234. The van der Waals surface area contributed by atoms with Crippen molar-refractivity contribution in [2.24, 2.45) is 0 Å². The predicted molar refractivity (Wildman–Crippen MR) is 94.5 cm³/mol. The molecule has 2 heterocycles. The van der Waals surface area contributed by atoms with Crippen molar-refractivity contribution in [2.45, 2.75) is 0 Å². The Balaban J connectivity index is 1.64. The van der Waals surface area contributed by atoms with Gasteiger partial charge in [-0.1, -0.05) is 29.8 Å². The van der Waals surface area contributed by atoms with E-state index in [9.17, 15) is 4.79 Å². The highest BCUT2D eigenvalue weighted by Crippen LogP contribution is 2.23. The lowest BCUT2D eigenvalue weighted by Crippen LogP contribution is -2.07. The number of anilines is 1. The highest BCUT2D eigenvalue weighted by Gasteiger charge is 2.06. The number of thiazole rings is 1. The lowest BCUT2D eigenvalue weighted by atomic mass is 10.2.